The number of ketones is 1. The quantitative estimate of drug-likeness (QED) is 0.0385. The molecule has 2 fully saturated rings. The summed E-state index contributed by atoms with van der Waals surface area (Å²) in [5, 5.41) is 12.7. The number of rotatable bonds is 30. The SMILES string of the molecule is CCNC(=O)OCC(COC(=O)NCC)OCCCC(=O)C(CC(=O)NCCNC(=O)CCN1C(=O)CC(SF)C1=O)CC(=O)NCCNC(=O)CCN1C(=O)CC(SF)C1=O. The minimum absolute atomic E-state index is 0.0613. The molecule has 0 saturated carbocycles. The highest BCUT2D eigenvalue weighted by molar-refractivity contribution is 7.96. The summed E-state index contributed by atoms with van der Waals surface area (Å²) >= 11 is -0.475. The van der Waals surface area contributed by atoms with Gasteiger partial charge in [-0.1, -0.05) is 0 Å². The molecule has 0 radical (unpaired) electrons. The van der Waals surface area contributed by atoms with E-state index < -0.39 is 101 Å². The van der Waals surface area contributed by atoms with Gasteiger partial charge in [0.1, 0.15) is 35.6 Å². The molecule has 0 aromatic heterocycles. The van der Waals surface area contributed by atoms with Gasteiger partial charge in [-0.3, -0.25) is 53.0 Å². The second-order valence-corrected chi connectivity index (χ2v) is 15.2. The Morgan fingerprint density at radius 3 is 1.40 bits per heavy atom. The number of ether oxygens (including phenoxy) is 3. The van der Waals surface area contributed by atoms with Crippen LogP contribution in [0.4, 0.5) is 17.4 Å². The minimum atomic E-state index is -1.13. The van der Waals surface area contributed by atoms with Crippen molar-refractivity contribution in [2.24, 2.45) is 5.92 Å². The number of Topliss-reactive ketones (excluding diaryl/α,β-unsaturated/α-hetero) is 1. The highest BCUT2D eigenvalue weighted by atomic mass is 32.2. The van der Waals surface area contributed by atoms with Gasteiger partial charge in [-0.25, -0.2) is 9.59 Å². The van der Waals surface area contributed by atoms with E-state index in [1.54, 1.807) is 13.8 Å². The number of likely N-dealkylation sites (tertiary alicyclic amines) is 2. The lowest BCUT2D eigenvalue weighted by molar-refractivity contribution is -0.140. The number of carbonyl (C=O) groups excluding carboxylic acids is 11. The van der Waals surface area contributed by atoms with E-state index in [0.717, 1.165) is 9.80 Å². The third-order valence-corrected chi connectivity index (χ3v) is 10.1. The Hall–Kier alpha value is -5.11. The normalized spacial score (nSPS) is 16.5. The Bertz CT molecular complexity index is 1510. The highest BCUT2D eigenvalue weighted by Crippen LogP contribution is 2.26. The molecular formula is C36H54F2N8O14S2. The van der Waals surface area contributed by atoms with E-state index in [-0.39, 0.29) is 122 Å². The lowest BCUT2D eigenvalue weighted by Gasteiger charge is -2.19. The molecule has 2 saturated heterocycles. The molecule has 2 aliphatic heterocycles. The van der Waals surface area contributed by atoms with E-state index in [0.29, 0.717) is 13.1 Å². The van der Waals surface area contributed by atoms with Gasteiger partial charge in [-0.2, -0.15) is 7.77 Å². The maximum Gasteiger partial charge on any atom is 0.407 e. The topological polar surface area (TPSA) is 294 Å². The van der Waals surface area contributed by atoms with E-state index in [1.807, 2.05) is 0 Å². The molecule has 2 rings (SSSR count). The molecule has 2 heterocycles. The summed E-state index contributed by atoms with van der Waals surface area (Å²) < 4.78 is 41.6. The molecule has 0 bridgehead atoms. The van der Waals surface area contributed by atoms with Gasteiger partial charge in [0.2, 0.25) is 47.3 Å². The van der Waals surface area contributed by atoms with Crippen LogP contribution in [0.3, 0.4) is 0 Å². The van der Waals surface area contributed by atoms with Crippen molar-refractivity contribution in [3.05, 3.63) is 0 Å². The summed E-state index contributed by atoms with van der Waals surface area (Å²) in [6.45, 7) is 2.60. The van der Waals surface area contributed by atoms with Crippen LogP contribution in [0.2, 0.25) is 0 Å². The predicted molar refractivity (Wildman–Crippen MR) is 216 cm³/mol. The Kier molecular flexibility index (Phi) is 25.0. The van der Waals surface area contributed by atoms with Crippen LogP contribution in [-0.2, 0) is 57.4 Å². The summed E-state index contributed by atoms with van der Waals surface area (Å²) in [4.78, 5) is 137. The first kappa shape index (κ1) is 53.0. The summed E-state index contributed by atoms with van der Waals surface area (Å²) in [5.41, 5.74) is 0. The largest absolute Gasteiger partial charge is 0.447 e. The maximum atomic E-state index is 13.4. The molecule has 62 heavy (non-hydrogen) atoms. The van der Waals surface area contributed by atoms with Gasteiger partial charge < -0.3 is 46.1 Å². The van der Waals surface area contributed by atoms with Crippen molar-refractivity contribution in [2.45, 2.75) is 81.8 Å². The second kappa shape index (κ2) is 29.2. The van der Waals surface area contributed by atoms with Crippen molar-refractivity contribution in [2.75, 3.05) is 72.2 Å². The van der Waals surface area contributed by atoms with Crippen LogP contribution < -0.4 is 31.9 Å². The fraction of sp³-hybridized carbons (Fsp3) is 0.694. The molecule has 2 unspecified atom stereocenters. The van der Waals surface area contributed by atoms with Crippen LogP contribution in [0, 0.1) is 5.92 Å². The highest BCUT2D eigenvalue weighted by Gasteiger charge is 2.40. The standard InChI is InChI=1S/C36H54F2N8O14S2/c1-3-39-35(56)59-20-23(21-60-36(57)40-4-2)58-15-5-6-24(47)22(16-29(50)43-11-9-41-27(48)7-13-45-31(52)18-25(61-37)33(45)54)17-30(51)44-12-10-42-28(49)8-14-46-32(53)19-26(62-38)34(46)55/h22-23,25-26H,3-21H2,1-2H3,(H,39,56)(H,40,57)(H,41,48)(H,42,49)(H,43,50)(H,44,51). The van der Waals surface area contributed by atoms with Gasteiger partial charge in [0.05, 0.1) is 37.1 Å². The first-order valence-electron chi connectivity index (χ1n) is 19.9. The van der Waals surface area contributed by atoms with Crippen LogP contribution >= 0.6 is 24.3 Å². The fourth-order valence-corrected chi connectivity index (χ4v) is 6.61. The second-order valence-electron chi connectivity index (χ2n) is 13.7. The molecule has 2 aliphatic rings. The van der Waals surface area contributed by atoms with Crippen LogP contribution in [-0.4, -0.2) is 164 Å². The number of amides is 10. The number of alkyl carbamates (subject to hydrolysis) is 2. The Labute approximate surface area is 365 Å². The Balaban J connectivity index is 1.90. The third-order valence-electron chi connectivity index (χ3n) is 8.97. The molecule has 348 valence electrons. The zero-order valence-electron chi connectivity index (χ0n) is 34.4. The molecular weight excluding hydrogens is 871 g/mol. The molecule has 2 atom stereocenters. The molecule has 0 spiro atoms. The van der Waals surface area contributed by atoms with E-state index in [4.69, 9.17) is 14.2 Å². The molecule has 0 aromatic carbocycles. The smallest absolute Gasteiger partial charge is 0.407 e. The molecule has 10 amide bonds. The van der Waals surface area contributed by atoms with Crippen molar-refractivity contribution < 1.29 is 74.7 Å². The van der Waals surface area contributed by atoms with E-state index in [1.165, 1.54) is 0 Å². The Morgan fingerprint density at radius 2 is 1.03 bits per heavy atom. The van der Waals surface area contributed by atoms with E-state index >= 15 is 0 Å². The zero-order valence-corrected chi connectivity index (χ0v) is 36.1. The summed E-state index contributed by atoms with van der Waals surface area (Å²) in [5.74, 6) is -6.56. The molecule has 0 aromatic rings. The first-order valence-corrected chi connectivity index (χ1v) is 21.4. The average Bonchev–Trinajstić information content (AvgIpc) is 3.68. The number of carbonyl (C=O) groups is 11. The first-order chi connectivity index (χ1) is 29.6. The van der Waals surface area contributed by atoms with Crippen molar-refractivity contribution in [1.82, 2.24) is 41.7 Å². The van der Waals surface area contributed by atoms with Crippen LogP contribution in [0.5, 0.6) is 0 Å². The minimum Gasteiger partial charge on any atom is -0.447 e. The lowest BCUT2D eigenvalue weighted by atomic mass is 9.92. The van der Waals surface area contributed by atoms with Crippen molar-refractivity contribution in [3.63, 3.8) is 0 Å². The number of hydrogen-bond donors (Lipinski definition) is 6. The van der Waals surface area contributed by atoms with Gasteiger partial charge in [0, 0.05) is 97.0 Å². The van der Waals surface area contributed by atoms with E-state index in [2.05, 4.69) is 31.9 Å². The number of imide groups is 2. The summed E-state index contributed by atoms with van der Waals surface area (Å²) in [6, 6.07) is 0. The van der Waals surface area contributed by atoms with Crippen molar-refractivity contribution in [1.29, 1.82) is 0 Å². The number of nitrogens with zero attached hydrogens (tertiary/aromatic N) is 2. The molecule has 6 N–H and O–H groups in total. The number of nitrogens with one attached hydrogen (secondary N) is 6. The molecule has 26 heteroatoms. The van der Waals surface area contributed by atoms with Crippen molar-refractivity contribution >= 4 is 89.5 Å². The summed E-state index contributed by atoms with van der Waals surface area (Å²) in [6.07, 6.45) is -4.34. The van der Waals surface area contributed by atoms with Crippen molar-refractivity contribution in [3.8, 4) is 0 Å². The maximum absolute atomic E-state index is 13.4. The molecule has 22 nitrogen and oxygen atoms in total. The summed E-state index contributed by atoms with van der Waals surface area (Å²) in [7, 11) is 0. The van der Waals surface area contributed by atoms with Gasteiger partial charge in [0.25, 0.3) is 0 Å². The van der Waals surface area contributed by atoms with E-state index in [9.17, 15) is 60.5 Å². The molecule has 0 aliphatic carbocycles. The third kappa shape index (κ3) is 19.7. The fourth-order valence-electron chi connectivity index (χ4n) is 5.79. The van der Waals surface area contributed by atoms with Crippen LogP contribution in [0.25, 0.3) is 0 Å². The zero-order chi connectivity index (χ0) is 46.0. The Morgan fingerprint density at radius 1 is 0.629 bits per heavy atom. The average molecular weight is 925 g/mol. The monoisotopic (exact) mass is 924 g/mol. The van der Waals surface area contributed by atoms with Gasteiger partial charge >= 0.3 is 12.2 Å². The van der Waals surface area contributed by atoms with Gasteiger partial charge in [-0.05, 0) is 20.3 Å². The van der Waals surface area contributed by atoms with Gasteiger partial charge in [0.15, 0.2) is 0 Å². The number of hydrogen-bond acceptors (Lipinski definition) is 16. The lowest BCUT2D eigenvalue weighted by Crippen LogP contribution is -2.39. The van der Waals surface area contributed by atoms with Gasteiger partial charge in [-0.15, -0.1) is 0 Å². The number of halogens is 2. The predicted octanol–water partition coefficient (Wildman–Crippen LogP) is -0.655. The van der Waals surface area contributed by atoms with Crippen LogP contribution in [0.1, 0.15) is 65.2 Å². The van der Waals surface area contributed by atoms with Crippen LogP contribution in [0.15, 0.2) is 0 Å².